The van der Waals surface area contributed by atoms with Crippen LogP contribution in [-0.4, -0.2) is 21.6 Å². The third kappa shape index (κ3) is 4.08. The number of hydrogen-bond acceptors (Lipinski definition) is 5. The van der Waals surface area contributed by atoms with Crippen molar-refractivity contribution in [3.8, 4) is 0 Å². The normalized spacial score (nSPS) is 17.2. The highest BCUT2D eigenvalue weighted by atomic mass is 15.1. The summed E-state index contributed by atoms with van der Waals surface area (Å²) in [4.78, 5) is 8.88. The van der Waals surface area contributed by atoms with Crippen molar-refractivity contribution in [2.75, 3.05) is 0 Å². The van der Waals surface area contributed by atoms with Gasteiger partial charge in [-0.25, -0.2) is 9.98 Å². The first-order chi connectivity index (χ1) is 12.9. The van der Waals surface area contributed by atoms with Crippen LogP contribution < -0.4 is 16.4 Å². The van der Waals surface area contributed by atoms with Gasteiger partial charge in [0.05, 0.1) is 22.8 Å². The molecule has 5 N–H and O–H groups in total. The summed E-state index contributed by atoms with van der Waals surface area (Å²) in [7, 11) is 0. The van der Waals surface area contributed by atoms with Gasteiger partial charge < -0.3 is 26.3 Å². The lowest BCUT2D eigenvalue weighted by molar-refractivity contribution is 0.806. The highest BCUT2D eigenvalue weighted by molar-refractivity contribution is 5.97. The number of rotatable bonds is 5. The summed E-state index contributed by atoms with van der Waals surface area (Å²) >= 11 is 0. The molecule has 0 atom stereocenters. The zero-order chi connectivity index (χ0) is 19.6. The van der Waals surface area contributed by atoms with Crippen LogP contribution in [0.2, 0.25) is 0 Å². The van der Waals surface area contributed by atoms with Gasteiger partial charge in [-0.3, -0.25) is 0 Å². The van der Waals surface area contributed by atoms with E-state index in [1.54, 1.807) is 6.08 Å². The Labute approximate surface area is 159 Å². The lowest BCUT2D eigenvalue weighted by atomic mass is 10.0. The molecular weight excluding hydrogens is 338 g/mol. The number of nitrogens with two attached hydrogens (primary N) is 1. The second-order valence-corrected chi connectivity index (χ2v) is 6.81. The molecule has 7 nitrogen and oxygen atoms in total. The third-order valence-corrected chi connectivity index (χ3v) is 4.31. The number of aromatic nitrogens is 2. The van der Waals surface area contributed by atoms with Gasteiger partial charge in [0.1, 0.15) is 17.5 Å². The Kier molecular flexibility index (Phi) is 5.12. The molecule has 27 heavy (non-hydrogen) atoms. The molecule has 2 aliphatic heterocycles. The highest BCUT2D eigenvalue weighted by Gasteiger charge is 2.17. The summed E-state index contributed by atoms with van der Waals surface area (Å²) in [6, 6.07) is 0. The van der Waals surface area contributed by atoms with E-state index in [-0.39, 0.29) is 5.92 Å². The summed E-state index contributed by atoms with van der Waals surface area (Å²) in [6.07, 6.45) is 12.9. The number of nitrogens with zero attached hydrogens (tertiary/aromatic N) is 3. The molecule has 0 unspecified atom stereocenters. The Balaban J connectivity index is 1.83. The number of nitrogens with one attached hydrogen (secondary N) is 3. The zero-order valence-electron chi connectivity index (χ0n) is 16.0. The number of allylic oxidation sites excluding steroid dienone is 5. The van der Waals surface area contributed by atoms with Gasteiger partial charge in [-0.05, 0) is 49.6 Å². The lowest BCUT2D eigenvalue weighted by Gasteiger charge is -2.23. The monoisotopic (exact) mass is 363 g/mol. The van der Waals surface area contributed by atoms with E-state index in [0.717, 1.165) is 34.2 Å². The van der Waals surface area contributed by atoms with Crippen molar-refractivity contribution in [3.05, 3.63) is 71.0 Å². The number of fused-ring (bicyclic) bond motifs is 1. The first kappa shape index (κ1) is 18.4. The number of imidazole rings is 1. The quantitative estimate of drug-likeness (QED) is 0.477. The van der Waals surface area contributed by atoms with Gasteiger partial charge in [0.2, 0.25) is 0 Å². The molecule has 0 aromatic carbocycles. The van der Waals surface area contributed by atoms with Crippen LogP contribution in [0.25, 0.3) is 5.70 Å². The molecule has 0 radical (unpaired) electrons. The van der Waals surface area contributed by atoms with Crippen LogP contribution in [0.5, 0.6) is 0 Å². The van der Waals surface area contributed by atoms with Gasteiger partial charge in [-0.15, -0.1) is 0 Å². The fourth-order valence-electron chi connectivity index (χ4n) is 2.88. The summed E-state index contributed by atoms with van der Waals surface area (Å²) in [5, 5.41) is 14.1. The second kappa shape index (κ2) is 7.49. The largest absolute Gasteiger partial charge is 0.384 e. The Bertz CT molecular complexity index is 949. The number of aliphatic imine (C=N–C) groups is 1. The van der Waals surface area contributed by atoms with Crippen LogP contribution in [0.15, 0.2) is 64.5 Å². The Morgan fingerprint density at radius 3 is 2.70 bits per heavy atom. The molecule has 3 rings (SSSR count). The maximum absolute atomic E-state index is 7.47. The topological polar surface area (TPSA) is 104 Å². The predicted octanol–water partition coefficient (Wildman–Crippen LogP) is 2.70. The van der Waals surface area contributed by atoms with Crippen molar-refractivity contribution in [2.24, 2.45) is 16.6 Å². The Hall–Kier alpha value is -3.35. The van der Waals surface area contributed by atoms with Crippen LogP contribution >= 0.6 is 0 Å². The van der Waals surface area contributed by atoms with Crippen LogP contribution in [0.3, 0.4) is 0 Å². The molecule has 1 aromatic heterocycles. The zero-order valence-corrected chi connectivity index (χ0v) is 16.0. The van der Waals surface area contributed by atoms with E-state index in [0.29, 0.717) is 11.7 Å². The molecule has 0 saturated heterocycles. The molecule has 1 aromatic rings. The van der Waals surface area contributed by atoms with E-state index in [9.17, 15) is 0 Å². The van der Waals surface area contributed by atoms with E-state index in [2.05, 4.69) is 20.6 Å². The van der Waals surface area contributed by atoms with Crippen LogP contribution in [-0.2, 0) is 0 Å². The molecule has 0 fully saturated rings. The molecule has 3 heterocycles. The standard InChI is InChI=1S/C20H25N7/c1-12(2)15(9-21)7-19(22)26-20-6-5-17-18(25-20)8-16(10-23-17)27-11-13(3)24-14(27)4/h5-12,21,23,25H,1-4H3,(H2,22,26). The molecule has 0 amide bonds. The Morgan fingerprint density at radius 1 is 1.30 bits per heavy atom. The third-order valence-electron chi connectivity index (χ3n) is 4.31. The SMILES string of the molecule is Cc1cn(C2=CNC3=CC=C(N=C(N)C=C(C=N)C(C)C)NC3=C2)c(C)n1. The molecule has 7 heteroatoms. The molecule has 2 aliphatic rings. The minimum absolute atomic E-state index is 0.218. The van der Waals surface area contributed by atoms with E-state index in [1.165, 1.54) is 6.21 Å². The fourth-order valence-corrected chi connectivity index (χ4v) is 2.88. The van der Waals surface area contributed by atoms with E-state index in [1.807, 2.05) is 62.9 Å². The van der Waals surface area contributed by atoms with Crippen molar-refractivity contribution in [3.63, 3.8) is 0 Å². The average molecular weight is 363 g/mol. The molecule has 0 spiro atoms. The van der Waals surface area contributed by atoms with E-state index >= 15 is 0 Å². The van der Waals surface area contributed by atoms with Crippen molar-refractivity contribution < 1.29 is 0 Å². The lowest BCUT2D eigenvalue weighted by Crippen LogP contribution is -2.27. The molecule has 0 aliphatic carbocycles. The maximum atomic E-state index is 7.47. The van der Waals surface area contributed by atoms with E-state index < -0.39 is 0 Å². The predicted molar refractivity (Wildman–Crippen MR) is 110 cm³/mol. The minimum atomic E-state index is 0.218. The van der Waals surface area contributed by atoms with Crippen LogP contribution in [0.1, 0.15) is 25.4 Å². The first-order valence-electron chi connectivity index (χ1n) is 8.84. The average Bonchev–Trinajstić information content (AvgIpc) is 2.97. The summed E-state index contributed by atoms with van der Waals surface area (Å²) in [5.74, 6) is 2.15. The molecule has 0 saturated carbocycles. The van der Waals surface area contributed by atoms with Crippen molar-refractivity contribution in [2.45, 2.75) is 27.7 Å². The van der Waals surface area contributed by atoms with Gasteiger partial charge >= 0.3 is 0 Å². The highest BCUT2D eigenvalue weighted by Crippen LogP contribution is 2.23. The van der Waals surface area contributed by atoms with Gasteiger partial charge in [0.25, 0.3) is 0 Å². The van der Waals surface area contributed by atoms with E-state index in [4.69, 9.17) is 11.1 Å². The van der Waals surface area contributed by atoms with Crippen molar-refractivity contribution in [1.82, 2.24) is 20.2 Å². The van der Waals surface area contributed by atoms with Gasteiger partial charge in [0, 0.05) is 18.6 Å². The second-order valence-electron chi connectivity index (χ2n) is 6.81. The summed E-state index contributed by atoms with van der Waals surface area (Å²) in [6.45, 7) is 7.99. The van der Waals surface area contributed by atoms with Crippen LogP contribution in [0.4, 0.5) is 0 Å². The fraction of sp³-hybridized carbons (Fsp3) is 0.250. The van der Waals surface area contributed by atoms with Crippen molar-refractivity contribution in [1.29, 1.82) is 5.41 Å². The molecular formula is C20H25N7. The minimum Gasteiger partial charge on any atom is -0.384 e. The number of hydrogen-bond donors (Lipinski definition) is 4. The molecule has 0 bridgehead atoms. The number of dihydropyridines is 2. The first-order valence-corrected chi connectivity index (χ1v) is 8.84. The van der Waals surface area contributed by atoms with Gasteiger partial charge in [-0.2, -0.15) is 0 Å². The van der Waals surface area contributed by atoms with Crippen LogP contribution in [0, 0.1) is 25.2 Å². The smallest absolute Gasteiger partial charge is 0.132 e. The Morgan fingerprint density at radius 2 is 2.07 bits per heavy atom. The summed E-state index contributed by atoms with van der Waals surface area (Å²) in [5.41, 5.74) is 10.7. The summed E-state index contributed by atoms with van der Waals surface area (Å²) < 4.78 is 2.03. The molecule has 140 valence electrons. The van der Waals surface area contributed by atoms with Gasteiger partial charge in [-0.1, -0.05) is 13.8 Å². The number of amidine groups is 1. The maximum Gasteiger partial charge on any atom is 0.132 e. The van der Waals surface area contributed by atoms with Crippen molar-refractivity contribution >= 4 is 17.7 Å². The van der Waals surface area contributed by atoms with Gasteiger partial charge in [0.15, 0.2) is 0 Å². The number of aryl methyl sites for hydroxylation is 2.